The maximum absolute atomic E-state index is 8.93. The molecule has 1 atom stereocenters. The zero-order valence-corrected chi connectivity index (χ0v) is 7.35. The van der Waals surface area contributed by atoms with Crippen molar-refractivity contribution in [2.75, 3.05) is 38.7 Å². The van der Waals surface area contributed by atoms with Gasteiger partial charge in [-0.3, -0.25) is 4.90 Å². The number of hydrogen-bond acceptors (Lipinski definition) is 3. The Labute approximate surface area is 72.3 Å². The lowest BCUT2D eigenvalue weighted by atomic mass is 10.2. The smallest absolute Gasteiger partial charge is 0.0598 e. The standard InChI is InChI=1S/C7H15ClN2O/c8-5-7(6-11)10-3-1-9-2-4-10/h7,9,11H,1-6H2. The average Bonchev–Trinajstić information content (AvgIpc) is 2.09. The molecule has 0 aromatic carbocycles. The topological polar surface area (TPSA) is 35.5 Å². The van der Waals surface area contributed by atoms with Crippen molar-refractivity contribution in [1.29, 1.82) is 0 Å². The van der Waals surface area contributed by atoms with Gasteiger partial charge in [-0.2, -0.15) is 0 Å². The predicted octanol–water partition coefficient (Wildman–Crippen LogP) is -0.509. The molecule has 1 fully saturated rings. The molecule has 4 heteroatoms. The summed E-state index contributed by atoms with van der Waals surface area (Å²) in [5, 5.41) is 12.2. The third-order valence-electron chi connectivity index (χ3n) is 2.06. The predicted molar refractivity (Wildman–Crippen MR) is 46.0 cm³/mol. The quantitative estimate of drug-likeness (QED) is 0.572. The summed E-state index contributed by atoms with van der Waals surface area (Å²) in [6.07, 6.45) is 0. The van der Waals surface area contributed by atoms with Crippen LogP contribution >= 0.6 is 11.6 Å². The van der Waals surface area contributed by atoms with Crippen LogP contribution in [-0.2, 0) is 0 Å². The van der Waals surface area contributed by atoms with Crippen LogP contribution < -0.4 is 5.32 Å². The second kappa shape index (κ2) is 4.93. The first-order chi connectivity index (χ1) is 5.38. The molecule has 0 aromatic rings. The van der Waals surface area contributed by atoms with Gasteiger partial charge in [0.15, 0.2) is 0 Å². The van der Waals surface area contributed by atoms with Crippen LogP contribution in [0.3, 0.4) is 0 Å². The Morgan fingerprint density at radius 1 is 1.45 bits per heavy atom. The minimum Gasteiger partial charge on any atom is -0.395 e. The van der Waals surface area contributed by atoms with E-state index in [0.29, 0.717) is 5.88 Å². The van der Waals surface area contributed by atoms with Crippen LogP contribution in [0, 0.1) is 0 Å². The molecule has 0 radical (unpaired) electrons. The summed E-state index contributed by atoms with van der Waals surface area (Å²) in [5.74, 6) is 0.524. The summed E-state index contributed by atoms with van der Waals surface area (Å²) in [5.41, 5.74) is 0. The van der Waals surface area contributed by atoms with E-state index in [1.807, 2.05) is 0 Å². The highest BCUT2D eigenvalue weighted by Gasteiger charge is 2.17. The van der Waals surface area contributed by atoms with Crippen molar-refractivity contribution < 1.29 is 5.11 Å². The summed E-state index contributed by atoms with van der Waals surface area (Å²) < 4.78 is 0. The fourth-order valence-electron chi connectivity index (χ4n) is 1.31. The molecule has 0 saturated carbocycles. The van der Waals surface area contributed by atoms with E-state index in [2.05, 4.69) is 10.2 Å². The fourth-order valence-corrected chi connectivity index (χ4v) is 1.60. The summed E-state index contributed by atoms with van der Waals surface area (Å²) in [6.45, 7) is 4.18. The van der Waals surface area contributed by atoms with Crippen LogP contribution in [0.25, 0.3) is 0 Å². The van der Waals surface area contributed by atoms with Crippen molar-refractivity contribution in [3.8, 4) is 0 Å². The van der Waals surface area contributed by atoms with Gasteiger partial charge in [0.2, 0.25) is 0 Å². The van der Waals surface area contributed by atoms with Crippen LogP contribution in [0.4, 0.5) is 0 Å². The molecule has 1 unspecified atom stereocenters. The first kappa shape index (κ1) is 9.26. The van der Waals surface area contributed by atoms with E-state index in [4.69, 9.17) is 16.7 Å². The van der Waals surface area contributed by atoms with Crippen LogP contribution in [0.15, 0.2) is 0 Å². The number of piperazine rings is 1. The lowest BCUT2D eigenvalue weighted by Crippen LogP contribution is -2.50. The highest BCUT2D eigenvalue weighted by atomic mass is 35.5. The fraction of sp³-hybridized carbons (Fsp3) is 1.00. The van der Waals surface area contributed by atoms with Crippen molar-refractivity contribution in [2.45, 2.75) is 6.04 Å². The van der Waals surface area contributed by atoms with Crippen molar-refractivity contribution in [2.24, 2.45) is 0 Å². The molecule has 2 N–H and O–H groups in total. The van der Waals surface area contributed by atoms with Crippen molar-refractivity contribution in [3.05, 3.63) is 0 Å². The van der Waals surface area contributed by atoms with E-state index in [-0.39, 0.29) is 12.6 Å². The number of aliphatic hydroxyl groups is 1. The minimum atomic E-state index is 0.152. The Kier molecular flexibility index (Phi) is 4.15. The molecule has 3 nitrogen and oxygen atoms in total. The Morgan fingerprint density at radius 3 is 2.55 bits per heavy atom. The molecule has 1 rings (SSSR count). The Bertz CT molecular complexity index is 103. The van der Waals surface area contributed by atoms with Crippen molar-refractivity contribution in [3.63, 3.8) is 0 Å². The number of halogens is 1. The Hall–Kier alpha value is 0.170. The molecule has 0 bridgehead atoms. The van der Waals surface area contributed by atoms with Gasteiger partial charge in [-0.1, -0.05) is 0 Å². The van der Waals surface area contributed by atoms with Gasteiger partial charge in [-0.15, -0.1) is 11.6 Å². The van der Waals surface area contributed by atoms with E-state index < -0.39 is 0 Å². The van der Waals surface area contributed by atoms with Crippen molar-refractivity contribution in [1.82, 2.24) is 10.2 Å². The molecule has 1 saturated heterocycles. The number of hydrogen-bond donors (Lipinski definition) is 2. The zero-order valence-electron chi connectivity index (χ0n) is 6.59. The first-order valence-electron chi connectivity index (χ1n) is 4.00. The number of nitrogens with one attached hydrogen (secondary N) is 1. The minimum absolute atomic E-state index is 0.152. The van der Waals surface area contributed by atoms with Gasteiger partial charge in [-0.25, -0.2) is 0 Å². The van der Waals surface area contributed by atoms with Crippen LogP contribution in [0.2, 0.25) is 0 Å². The van der Waals surface area contributed by atoms with Gasteiger partial charge in [0, 0.05) is 38.1 Å². The van der Waals surface area contributed by atoms with E-state index in [1.165, 1.54) is 0 Å². The summed E-state index contributed by atoms with van der Waals surface area (Å²) in [4.78, 5) is 2.23. The molecule has 0 aliphatic carbocycles. The van der Waals surface area contributed by atoms with E-state index >= 15 is 0 Å². The molecule has 11 heavy (non-hydrogen) atoms. The molecule has 1 aliphatic heterocycles. The highest BCUT2D eigenvalue weighted by molar-refractivity contribution is 6.18. The third-order valence-corrected chi connectivity index (χ3v) is 2.41. The molecular weight excluding hydrogens is 164 g/mol. The largest absolute Gasteiger partial charge is 0.395 e. The van der Waals surface area contributed by atoms with Gasteiger partial charge < -0.3 is 10.4 Å². The Balaban J connectivity index is 2.30. The monoisotopic (exact) mass is 178 g/mol. The van der Waals surface area contributed by atoms with Crippen LogP contribution in [0.5, 0.6) is 0 Å². The number of alkyl halides is 1. The SMILES string of the molecule is OCC(CCl)N1CCNCC1. The molecule has 1 heterocycles. The van der Waals surface area contributed by atoms with E-state index in [9.17, 15) is 0 Å². The normalized spacial score (nSPS) is 23.5. The van der Waals surface area contributed by atoms with Crippen molar-refractivity contribution >= 4 is 11.6 Å². The molecule has 1 aliphatic rings. The van der Waals surface area contributed by atoms with Gasteiger partial charge >= 0.3 is 0 Å². The molecule has 0 spiro atoms. The maximum Gasteiger partial charge on any atom is 0.0598 e. The highest BCUT2D eigenvalue weighted by Crippen LogP contribution is 2.02. The third kappa shape index (κ3) is 2.60. The molecular formula is C7H15ClN2O. The molecule has 0 aromatic heterocycles. The lowest BCUT2D eigenvalue weighted by molar-refractivity contribution is 0.124. The summed E-state index contributed by atoms with van der Waals surface area (Å²) in [7, 11) is 0. The van der Waals surface area contributed by atoms with E-state index in [0.717, 1.165) is 26.2 Å². The van der Waals surface area contributed by atoms with Crippen LogP contribution in [-0.4, -0.2) is 54.7 Å². The van der Waals surface area contributed by atoms with Gasteiger partial charge in [0.25, 0.3) is 0 Å². The maximum atomic E-state index is 8.93. The van der Waals surface area contributed by atoms with Gasteiger partial charge in [0.05, 0.1) is 6.61 Å². The number of aliphatic hydroxyl groups excluding tert-OH is 1. The van der Waals surface area contributed by atoms with E-state index in [1.54, 1.807) is 0 Å². The van der Waals surface area contributed by atoms with Gasteiger partial charge in [-0.05, 0) is 0 Å². The first-order valence-corrected chi connectivity index (χ1v) is 4.53. The number of nitrogens with zero attached hydrogens (tertiary/aromatic N) is 1. The Morgan fingerprint density at radius 2 is 2.09 bits per heavy atom. The summed E-state index contributed by atoms with van der Waals surface area (Å²) in [6, 6.07) is 0.152. The zero-order chi connectivity index (χ0) is 8.10. The lowest BCUT2D eigenvalue weighted by Gasteiger charge is -2.32. The molecule has 66 valence electrons. The second-order valence-corrected chi connectivity index (χ2v) is 3.09. The van der Waals surface area contributed by atoms with Gasteiger partial charge in [0.1, 0.15) is 0 Å². The number of rotatable bonds is 3. The summed E-state index contributed by atoms with van der Waals surface area (Å²) >= 11 is 5.68. The molecule has 0 amide bonds. The average molecular weight is 179 g/mol. The van der Waals surface area contributed by atoms with Crippen LogP contribution in [0.1, 0.15) is 0 Å². The second-order valence-electron chi connectivity index (χ2n) is 2.78.